The van der Waals surface area contributed by atoms with Crippen LogP contribution in [0, 0.1) is 51.8 Å². The Morgan fingerprint density at radius 1 is 1.04 bits per heavy atom. The molecule has 5 aliphatic carbocycles. The molecule has 5 fully saturated rings. The summed E-state index contributed by atoms with van der Waals surface area (Å²) in [6.45, 7) is 10.0. The molecule has 0 saturated heterocycles. The molecule has 0 unspecified atom stereocenters. The fourth-order valence-electron chi connectivity index (χ4n) is 9.92. The van der Waals surface area contributed by atoms with Gasteiger partial charge in [-0.3, -0.25) is 0 Å². The highest BCUT2D eigenvalue weighted by Gasteiger charge is 2.77. The molecule has 0 bridgehead atoms. The van der Waals surface area contributed by atoms with Gasteiger partial charge in [-0.05, 0) is 105 Å². The van der Waals surface area contributed by atoms with Crippen molar-refractivity contribution in [2.75, 3.05) is 7.11 Å². The van der Waals surface area contributed by atoms with Crippen molar-refractivity contribution in [1.82, 2.24) is 0 Å². The first-order chi connectivity index (χ1) is 12.4. The summed E-state index contributed by atoms with van der Waals surface area (Å²) in [6, 6.07) is 0. The molecule has 0 aromatic heterocycles. The van der Waals surface area contributed by atoms with Crippen LogP contribution in [-0.4, -0.2) is 13.2 Å². The summed E-state index contributed by atoms with van der Waals surface area (Å²) in [6.07, 6.45) is 17.1. The Kier molecular flexibility index (Phi) is 3.84. The minimum absolute atomic E-state index is 0.551. The van der Waals surface area contributed by atoms with E-state index >= 15 is 0 Å². The zero-order chi connectivity index (χ0) is 18.3. The standard InChI is InChI=1S/C25H40O/c1-6-7-16(2)19-8-9-20-18-14-22(26-5)25-15-17(25)10-13-24(25,4)21(18)11-12-23(19,20)3/h6-7,16-22H,8-15H2,1-5H3/b7-6+/t16-,17-,18+,19-,20+,21+,22-,23-,24-,25+/m1/s1. The molecule has 0 aromatic carbocycles. The second-order valence-electron chi connectivity index (χ2n) is 11.3. The Labute approximate surface area is 161 Å². The van der Waals surface area contributed by atoms with E-state index in [1.54, 1.807) is 0 Å². The van der Waals surface area contributed by atoms with Gasteiger partial charge < -0.3 is 4.74 Å². The van der Waals surface area contributed by atoms with Crippen LogP contribution in [-0.2, 0) is 4.74 Å². The third-order valence-electron chi connectivity index (χ3n) is 11.0. The summed E-state index contributed by atoms with van der Waals surface area (Å²) in [5.74, 6) is 5.49. The zero-order valence-electron chi connectivity index (χ0n) is 17.8. The highest BCUT2D eigenvalue weighted by Crippen LogP contribution is 2.82. The fraction of sp³-hybridized carbons (Fsp3) is 0.920. The van der Waals surface area contributed by atoms with Gasteiger partial charge in [0.2, 0.25) is 0 Å². The molecule has 0 amide bonds. The lowest BCUT2D eigenvalue weighted by molar-refractivity contribution is -0.160. The number of methoxy groups -OCH3 is 1. The maximum Gasteiger partial charge on any atom is 0.0638 e. The maximum atomic E-state index is 6.25. The predicted molar refractivity (Wildman–Crippen MR) is 108 cm³/mol. The van der Waals surface area contributed by atoms with Crippen LogP contribution in [0.15, 0.2) is 12.2 Å². The molecule has 1 heteroatoms. The number of fused-ring (bicyclic) bond motifs is 4. The molecule has 5 rings (SSSR count). The molecule has 0 heterocycles. The molecule has 0 aromatic rings. The van der Waals surface area contributed by atoms with E-state index < -0.39 is 0 Å². The molecular weight excluding hydrogens is 316 g/mol. The van der Waals surface area contributed by atoms with Crippen molar-refractivity contribution < 1.29 is 4.74 Å². The van der Waals surface area contributed by atoms with E-state index in [9.17, 15) is 0 Å². The molecule has 26 heavy (non-hydrogen) atoms. The summed E-state index contributed by atoms with van der Waals surface area (Å²) >= 11 is 0. The van der Waals surface area contributed by atoms with Crippen LogP contribution >= 0.6 is 0 Å². The molecule has 5 aliphatic rings. The number of hydrogen-bond donors (Lipinski definition) is 0. The summed E-state index contributed by atoms with van der Waals surface area (Å²) < 4.78 is 6.25. The van der Waals surface area contributed by atoms with E-state index in [1.165, 1.54) is 51.4 Å². The average molecular weight is 357 g/mol. The first kappa shape index (κ1) is 17.8. The Morgan fingerprint density at radius 2 is 1.85 bits per heavy atom. The van der Waals surface area contributed by atoms with E-state index in [0.717, 1.165) is 35.5 Å². The molecule has 0 radical (unpaired) electrons. The van der Waals surface area contributed by atoms with Crippen LogP contribution in [0.3, 0.4) is 0 Å². The van der Waals surface area contributed by atoms with Crippen molar-refractivity contribution in [1.29, 1.82) is 0 Å². The third-order valence-corrected chi connectivity index (χ3v) is 11.0. The lowest BCUT2D eigenvalue weighted by atomic mass is 9.45. The SMILES string of the molecule is C/C=C/[C@@H](C)[C@H]1CC[C@H]2[C@@H]3C[C@@H](OC)[C@]45C[C@H]4CC[C@]5(C)[C@H]3CC[C@]12C. The van der Waals surface area contributed by atoms with Crippen molar-refractivity contribution >= 4 is 0 Å². The lowest BCUT2D eigenvalue weighted by Crippen LogP contribution is -2.57. The second-order valence-corrected chi connectivity index (χ2v) is 11.3. The van der Waals surface area contributed by atoms with Crippen LogP contribution in [0.1, 0.15) is 79.1 Å². The number of hydrogen-bond acceptors (Lipinski definition) is 1. The summed E-state index contributed by atoms with van der Waals surface area (Å²) in [4.78, 5) is 0. The number of ether oxygens (including phenoxy) is 1. The van der Waals surface area contributed by atoms with Gasteiger partial charge in [0.15, 0.2) is 0 Å². The monoisotopic (exact) mass is 356 g/mol. The highest BCUT2D eigenvalue weighted by molar-refractivity contribution is 5.26. The van der Waals surface area contributed by atoms with Crippen molar-refractivity contribution in [2.24, 2.45) is 51.8 Å². The van der Waals surface area contributed by atoms with Crippen molar-refractivity contribution in [2.45, 2.75) is 85.2 Å². The van der Waals surface area contributed by atoms with Crippen LogP contribution in [0.5, 0.6) is 0 Å². The first-order valence-corrected chi connectivity index (χ1v) is 11.6. The van der Waals surface area contributed by atoms with E-state index in [1.807, 2.05) is 7.11 Å². The predicted octanol–water partition coefficient (Wildman–Crippen LogP) is 6.48. The Bertz CT molecular complexity index is 609. The number of rotatable bonds is 3. The molecule has 0 aliphatic heterocycles. The Balaban J connectivity index is 1.48. The van der Waals surface area contributed by atoms with Crippen molar-refractivity contribution in [3.05, 3.63) is 12.2 Å². The van der Waals surface area contributed by atoms with Crippen LogP contribution in [0.25, 0.3) is 0 Å². The van der Waals surface area contributed by atoms with Crippen LogP contribution in [0.2, 0.25) is 0 Å². The molecule has 0 N–H and O–H groups in total. The molecule has 1 nitrogen and oxygen atoms in total. The highest BCUT2D eigenvalue weighted by atomic mass is 16.5. The van der Waals surface area contributed by atoms with Crippen LogP contribution < -0.4 is 0 Å². The fourth-order valence-corrected chi connectivity index (χ4v) is 9.92. The van der Waals surface area contributed by atoms with E-state index in [-0.39, 0.29) is 0 Å². The second kappa shape index (κ2) is 5.62. The largest absolute Gasteiger partial charge is 0.381 e. The maximum absolute atomic E-state index is 6.25. The van der Waals surface area contributed by atoms with Gasteiger partial charge in [0.1, 0.15) is 0 Å². The van der Waals surface area contributed by atoms with Gasteiger partial charge in [-0.15, -0.1) is 0 Å². The zero-order valence-corrected chi connectivity index (χ0v) is 17.8. The summed E-state index contributed by atoms with van der Waals surface area (Å²) in [5, 5.41) is 0. The topological polar surface area (TPSA) is 9.23 Å². The summed E-state index contributed by atoms with van der Waals surface area (Å²) in [5.41, 5.74) is 1.73. The summed E-state index contributed by atoms with van der Waals surface area (Å²) in [7, 11) is 2.02. The normalized spacial score (nSPS) is 58.8. The van der Waals surface area contributed by atoms with Gasteiger partial charge in [-0.1, -0.05) is 32.9 Å². The third kappa shape index (κ3) is 1.92. The minimum Gasteiger partial charge on any atom is -0.381 e. The van der Waals surface area contributed by atoms with E-state index in [0.29, 0.717) is 22.3 Å². The van der Waals surface area contributed by atoms with Gasteiger partial charge in [0, 0.05) is 12.5 Å². The van der Waals surface area contributed by atoms with Gasteiger partial charge in [-0.2, -0.15) is 0 Å². The van der Waals surface area contributed by atoms with Gasteiger partial charge in [0.25, 0.3) is 0 Å². The van der Waals surface area contributed by atoms with Crippen molar-refractivity contribution in [3.8, 4) is 0 Å². The quantitative estimate of drug-likeness (QED) is 0.526. The van der Waals surface area contributed by atoms with Gasteiger partial charge in [-0.25, -0.2) is 0 Å². The number of allylic oxidation sites excluding steroid dienone is 2. The minimum atomic E-state index is 0.551. The van der Waals surface area contributed by atoms with Crippen LogP contribution in [0.4, 0.5) is 0 Å². The van der Waals surface area contributed by atoms with Gasteiger partial charge >= 0.3 is 0 Å². The van der Waals surface area contributed by atoms with Gasteiger partial charge in [0.05, 0.1) is 6.10 Å². The van der Waals surface area contributed by atoms with E-state index in [4.69, 9.17) is 4.74 Å². The Morgan fingerprint density at radius 3 is 2.54 bits per heavy atom. The smallest absolute Gasteiger partial charge is 0.0638 e. The molecular formula is C25H40O. The Hall–Kier alpha value is -0.300. The average Bonchev–Trinajstić information content (AvgIpc) is 3.12. The molecule has 1 spiro atoms. The van der Waals surface area contributed by atoms with E-state index in [2.05, 4.69) is 39.8 Å². The molecule has 146 valence electrons. The lowest BCUT2D eigenvalue weighted by Gasteiger charge is -2.61. The molecule has 10 atom stereocenters. The van der Waals surface area contributed by atoms with Crippen molar-refractivity contribution in [3.63, 3.8) is 0 Å². The molecule has 5 saturated carbocycles. The first-order valence-electron chi connectivity index (χ1n) is 11.6.